The van der Waals surface area contributed by atoms with Crippen LogP contribution < -0.4 is 10.6 Å². The molecule has 0 radical (unpaired) electrons. The number of hydrogen-bond donors (Lipinski definition) is 3. The predicted octanol–water partition coefficient (Wildman–Crippen LogP) is 2.41. The molecular weight excluding hydrogens is 288 g/mol. The van der Waals surface area contributed by atoms with E-state index in [-0.39, 0.29) is 5.56 Å². The van der Waals surface area contributed by atoms with Crippen molar-refractivity contribution in [1.29, 1.82) is 0 Å². The minimum Gasteiger partial charge on any atom is -0.478 e. The van der Waals surface area contributed by atoms with E-state index in [2.05, 4.69) is 33.1 Å². The summed E-state index contributed by atoms with van der Waals surface area (Å²) in [6, 6.07) is 5.57. The van der Waals surface area contributed by atoms with Crippen LogP contribution in [0.25, 0.3) is 0 Å². The first-order valence-corrected chi connectivity index (χ1v) is 5.50. The Balaban J connectivity index is 2.62. The molecular formula is C11H11BrN2O3. The first kappa shape index (κ1) is 13.2. The molecule has 2 amide bonds. The fraction of sp³-hybridized carbons (Fsp3) is 0.0909. The highest BCUT2D eigenvalue weighted by atomic mass is 79.9. The quantitative estimate of drug-likeness (QED) is 0.799. The Morgan fingerprint density at radius 3 is 2.71 bits per heavy atom. The van der Waals surface area contributed by atoms with Crippen molar-refractivity contribution in [2.24, 2.45) is 0 Å². The topological polar surface area (TPSA) is 78.4 Å². The lowest BCUT2D eigenvalue weighted by Gasteiger charge is -2.07. The van der Waals surface area contributed by atoms with Crippen LogP contribution >= 0.6 is 15.9 Å². The molecule has 0 fully saturated rings. The maximum atomic E-state index is 11.4. The number of urea groups is 1. The maximum absolute atomic E-state index is 11.4. The van der Waals surface area contributed by atoms with Gasteiger partial charge in [0, 0.05) is 10.2 Å². The van der Waals surface area contributed by atoms with Gasteiger partial charge in [0.2, 0.25) is 0 Å². The van der Waals surface area contributed by atoms with Crippen molar-refractivity contribution in [3.05, 3.63) is 40.9 Å². The lowest BCUT2D eigenvalue weighted by atomic mass is 10.2. The molecule has 0 aliphatic rings. The number of halogens is 1. The zero-order valence-electron chi connectivity index (χ0n) is 8.87. The van der Waals surface area contributed by atoms with Crippen LogP contribution in [0.3, 0.4) is 0 Å². The third-order valence-electron chi connectivity index (χ3n) is 1.81. The number of carbonyl (C=O) groups excluding carboxylic acids is 1. The van der Waals surface area contributed by atoms with E-state index in [0.717, 1.165) is 0 Å². The summed E-state index contributed by atoms with van der Waals surface area (Å²) >= 11 is 3.10. The number of rotatable bonds is 4. The van der Waals surface area contributed by atoms with Gasteiger partial charge in [-0.1, -0.05) is 28.6 Å². The van der Waals surface area contributed by atoms with E-state index >= 15 is 0 Å². The summed E-state index contributed by atoms with van der Waals surface area (Å²) in [6.45, 7) is 3.86. The normalized spacial score (nSPS) is 9.47. The summed E-state index contributed by atoms with van der Waals surface area (Å²) in [4.78, 5) is 22.1. The number of carboxylic acids is 1. The highest BCUT2D eigenvalue weighted by molar-refractivity contribution is 9.11. The van der Waals surface area contributed by atoms with E-state index in [0.29, 0.717) is 16.7 Å². The van der Waals surface area contributed by atoms with Gasteiger partial charge < -0.3 is 15.7 Å². The van der Waals surface area contributed by atoms with Crippen molar-refractivity contribution in [3.8, 4) is 0 Å². The van der Waals surface area contributed by atoms with Crippen LogP contribution in [-0.4, -0.2) is 23.7 Å². The number of hydrogen-bond acceptors (Lipinski definition) is 2. The second-order valence-electron chi connectivity index (χ2n) is 3.21. The van der Waals surface area contributed by atoms with Crippen molar-refractivity contribution in [2.45, 2.75) is 0 Å². The molecule has 0 unspecified atom stereocenters. The molecule has 17 heavy (non-hydrogen) atoms. The second kappa shape index (κ2) is 6.05. The monoisotopic (exact) mass is 298 g/mol. The van der Waals surface area contributed by atoms with Gasteiger partial charge in [0.25, 0.3) is 0 Å². The van der Waals surface area contributed by atoms with Crippen molar-refractivity contribution < 1.29 is 14.7 Å². The van der Waals surface area contributed by atoms with Gasteiger partial charge in [0.05, 0.1) is 12.1 Å². The Labute approximate surface area is 107 Å². The zero-order valence-corrected chi connectivity index (χ0v) is 10.5. The van der Waals surface area contributed by atoms with Crippen LogP contribution in [0.4, 0.5) is 10.5 Å². The van der Waals surface area contributed by atoms with Crippen LogP contribution in [0.2, 0.25) is 0 Å². The average molecular weight is 299 g/mol. The van der Waals surface area contributed by atoms with E-state index in [1.807, 2.05) is 0 Å². The average Bonchev–Trinajstić information content (AvgIpc) is 2.26. The fourth-order valence-electron chi connectivity index (χ4n) is 1.08. The molecule has 3 N–H and O–H groups in total. The highest BCUT2D eigenvalue weighted by Crippen LogP contribution is 2.10. The van der Waals surface area contributed by atoms with Gasteiger partial charge in [-0.2, -0.15) is 0 Å². The SMILES string of the molecule is C=C(Br)CNC(=O)Nc1cccc(C(=O)O)c1. The smallest absolute Gasteiger partial charge is 0.335 e. The molecule has 0 aliphatic heterocycles. The Morgan fingerprint density at radius 2 is 2.12 bits per heavy atom. The lowest BCUT2D eigenvalue weighted by molar-refractivity contribution is 0.0697. The minimum absolute atomic E-state index is 0.118. The lowest BCUT2D eigenvalue weighted by Crippen LogP contribution is -2.29. The molecule has 0 aliphatic carbocycles. The Kier molecular flexibility index (Phi) is 4.71. The number of carbonyl (C=O) groups is 2. The summed E-state index contributed by atoms with van der Waals surface area (Å²) in [6.07, 6.45) is 0. The van der Waals surface area contributed by atoms with Gasteiger partial charge in [-0.25, -0.2) is 9.59 Å². The third-order valence-corrected chi connectivity index (χ3v) is 2.09. The van der Waals surface area contributed by atoms with E-state index in [4.69, 9.17) is 5.11 Å². The Morgan fingerprint density at radius 1 is 1.41 bits per heavy atom. The molecule has 0 saturated carbocycles. The second-order valence-corrected chi connectivity index (χ2v) is 4.33. The molecule has 90 valence electrons. The first-order valence-electron chi connectivity index (χ1n) is 4.70. The molecule has 0 spiro atoms. The molecule has 1 aromatic carbocycles. The number of anilines is 1. The van der Waals surface area contributed by atoms with Crippen molar-refractivity contribution in [3.63, 3.8) is 0 Å². The van der Waals surface area contributed by atoms with Gasteiger partial charge in [-0.15, -0.1) is 0 Å². The van der Waals surface area contributed by atoms with Gasteiger partial charge in [0.15, 0.2) is 0 Å². The molecule has 1 aromatic rings. The van der Waals surface area contributed by atoms with Gasteiger partial charge in [0.1, 0.15) is 0 Å². The summed E-state index contributed by atoms with van der Waals surface area (Å²) in [5.41, 5.74) is 0.537. The molecule has 5 nitrogen and oxygen atoms in total. The van der Waals surface area contributed by atoms with Crippen LogP contribution in [0, 0.1) is 0 Å². The van der Waals surface area contributed by atoms with Crippen molar-refractivity contribution >= 4 is 33.6 Å². The van der Waals surface area contributed by atoms with Gasteiger partial charge >= 0.3 is 12.0 Å². The molecule has 0 heterocycles. The van der Waals surface area contributed by atoms with Crippen LogP contribution in [-0.2, 0) is 0 Å². The van der Waals surface area contributed by atoms with Crippen molar-refractivity contribution in [1.82, 2.24) is 5.32 Å². The van der Waals surface area contributed by atoms with Crippen LogP contribution in [0.15, 0.2) is 35.3 Å². The number of amides is 2. The van der Waals surface area contributed by atoms with E-state index in [9.17, 15) is 9.59 Å². The Hall–Kier alpha value is -1.82. The number of nitrogens with one attached hydrogen (secondary N) is 2. The van der Waals surface area contributed by atoms with E-state index < -0.39 is 12.0 Å². The highest BCUT2D eigenvalue weighted by Gasteiger charge is 2.05. The van der Waals surface area contributed by atoms with Gasteiger partial charge in [-0.05, 0) is 18.2 Å². The van der Waals surface area contributed by atoms with Crippen LogP contribution in [0.5, 0.6) is 0 Å². The third kappa shape index (κ3) is 4.69. The number of benzene rings is 1. The van der Waals surface area contributed by atoms with E-state index in [1.54, 1.807) is 12.1 Å². The standard InChI is InChI=1S/C11H11BrN2O3/c1-7(12)6-13-11(17)14-9-4-2-3-8(5-9)10(15)16/h2-5H,1,6H2,(H,15,16)(H2,13,14,17). The molecule has 6 heteroatoms. The number of carboxylic acid groups (broad SMARTS) is 1. The molecule has 1 rings (SSSR count). The maximum Gasteiger partial charge on any atom is 0.335 e. The Bertz CT molecular complexity index is 460. The summed E-state index contributed by atoms with van der Waals surface area (Å²) in [5, 5.41) is 13.8. The molecule has 0 aromatic heterocycles. The summed E-state index contributed by atoms with van der Waals surface area (Å²) in [5.74, 6) is -1.04. The fourth-order valence-corrected chi connectivity index (χ4v) is 1.22. The molecule has 0 bridgehead atoms. The van der Waals surface area contributed by atoms with Gasteiger partial charge in [-0.3, -0.25) is 0 Å². The van der Waals surface area contributed by atoms with Crippen molar-refractivity contribution in [2.75, 3.05) is 11.9 Å². The molecule has 0 saturated heterocycles. The summed E-state index contributed by atoms with van der Waals surface area (Å²) < 4.78 is 0.645. The minimum atomic E-state index is -1.04. The summed E-state index contributed by atoms with van der Waals surface area (Å²) in [7, 11) is 0. The largest absolute Gasteiger partial charge is 0.478 e. The van der Waals surface area contributed by atoms with E-state index in [1.165, 1.54) is 12.1 Å². The zero-order chi connectivity index (χ0) is 12.8. The number of aromatic carboxylic acids is 1. The molecule has 0 atom stereocenters. The predicted molar refractivity (Wildman–Crippen MR) is 68.5 cm³/mol. The van der Waals surface area contributed by atoms with Crippen LogP contribution in [0.1, 0.15) is 10.4 Å². The first-order chi connectivity index (χ1) is 7.99.